The standard InChI is InChI=1S/C13H11N3O2S/c1-9-2-5-12(19-9)8-15-11-4-3-10(7-14)13(6-11)16(17)18/h2-6,15H,8H2,1H3. The molecule has 1 heterocycles. The highest BCUT2D eigenvalue weighted by atomic mass is 32.1. The van der Waals surface area contributed by atoms with Crippen LogP contribution >= 0.6 is 11.3 Å². The second-order valence-electron chi connectivity index (χ2n) is 3.97. The Morgan fingerprint density at radius 2 is 2.21 bits per heavy atom. The van der Waals surface area contributed by atoms with E-state index in [1.807, 2.05) is 25.1 Å². The largest absolute Gasteiger partial charge is 0.380 e. The maximum Gasteiger partial charge on any atom is 0.289 e. The number of rotatable bonds is 4. The van der Waals surface area contributed by atoms with Gasteiger partial charge in [-0.3, -0.25) is 10.1 Å². The Morgan fingerprint density at radius 1 is 1.42 bits per heavy atom. The third kappa shape index (κ3) is 3.09. The predicted octanol–water partition coefficient (Wildman–Crippen LogP) is 3.45. The number of nitrogens with zero attached hydrogens (tertiary/aromatic N) is 2. The van der Waals surface area contributed by atoms with Crippen molar-refractivity contribution in [3.8, 4) is 6.07 Å². The number of aryl methyl sites for hydroxylation is 1. The molecule has 0 unspecified atom stereocenters. The van der Waals surface area contributed by atoms with Crippen LogP contribution in [0, 0.1) is 28.4 Å². The summed E-state index contributed by atoms with van der Waals surface area (Å²) in [7, 11) is 0. The van der Waals surface area contributed by atoms with E-state index in [1.54, 1.807) is 17.4 Å². The van der Waals surface area contributed by atoms with Crippen molar-refractivity contribution in [2.75, 3.05) is 5.32 Å². The Kier molecular flexibility index (Phi) is 3.78. The lowest BCUT2D eigenvalue weighted by molar-refractivity contribution is -0.385. The number of nitro groups is 1. The molecular formula is C13H11N3O2S. The van der Waals surface area contributed by atoms with Gasteiger partial charge >= 0.3 is 0 Å². The maximum absolute atomic E-state index is 10.8. The number of nitrogens with one attached hydrogen (secondary N) is 1. The van der Waals surface area contributed by atoms with Crippen molar-refractivity contribution in [3.05, 3.63) is 55.8 Å². The molecule has 0 saturated heterocycles. The van der Waals surface area contributed by atoms with Crippen LogP contribution in [-0.4, -0.2) is 4.92 Å². The van der Waals surface area contributed by atoms with E-state index in [2.05, 4.69) is 5.32 Å². The first-order valence-electron chi connectivity index (χ1n) is 5.58. The summed E-state index contributed by atoms with van der Waals surface area (Å²) in [5.74, 6) is 0. The van der Waals surface area contributed by atoms with Crippen LogP contribution in [0.1, 0.15) is 15.3 Å². The zero-order valence-electron chi connectivity index (χ0n) is 10.2. The van der Waals surface area contributed by atoms with Gasteiger partial charge in [-0.25, -0.2) is 0 Å². The summed E-state index contributed by atoms with van der Waals surface area (Å²) in [5.41, 5.74) is 0.536. The normalized spacial score (nSPS) is 9.89. The summed E-state index contributed by atoms with van der Waals surface area (Å²) in [6.45, 7) is 2.64. The number of hydrogen-bond donors (Lipinski definition) is 1. The van der Waals surface area contributed by atoms with Gasteiger partial charge in [0, 0.05) is 28.1 Å². The molecule has 2 rings (SSSR count). The average Bonchev–Trinajstić information content (AvgIpc) is 2.81. The van der Waals surface area contributed by atoms with Gasteiger partial charge in [-0.05, 0) is 31.2 Å². The summed E-state index contributed by atoms with van der Waals surface area (Å²) in [5, 5.41) is 22.8. The van der Waals surface area contributed by atoms with E-state index in [1.165, 1.54) is 17.0 Å². The van der Waals surface area contributed by atoms with E-state index in [0.717, 1.165) is 4.88 Å². The minimum absolute atomic E-state index is 0.0718. The molecule has 1 N–H and O–H groups in total. The summed E-state index contributed by atoms with van der Waals surface area (Å²) < 4.78 is 0. The molecule has 0 aliphatic rings. The van der Waals surface area contributed by atoms with Crippen LogP contribution in [-0.2, 0) is 6.54 Å². The molecule has 0 fully saturated rings. The first-order chi connectivity index (χ1) is 9.10. The molecule has 19 heavy (non-hydrogen) atoms. The number of hydrogen-bond acceptors (Lipinski definition) is 5. The van der Waals surface area contributed by atoms with Gasteiger partial charge in [-0.1, -0.05) is 0 Å². The lowest BCUT2D eigenvalue weighted by Crippen LogP contribution is -1.99. The van der Waals surface area contributed by atoms with Gasteiger partial charge in [-0.15, -0.1) is 11.3 Å². The van der Waals surface area contributed by atoms with Gasteiger partial charge in [-0.2, -0.15) is 5.26 Å². The van der Waals surface area contributed by atoms with Gasteiger partial charge in [0.15, 0.2) is 0 Å². The van der Waals surface area contributed by atoms with Crippen molar-refractivity contribution < 1.29 is 4.92 Å². The van der Waals surface area contributed by atoms with Crippen molar-refractivity contribution in [3.63, 3.8) is 0 Å². The van der Waals surface area contributed by atoms with E-state index in [4.69, 9.17) is 5.26 Å². The van der Waals surface area contributed by atoms with E-state index < -0.39 is 4.92 Å². The molecule has 1 aromatic carbocycles. The molecule has 6 heteroatoms. The molecule has 0 aliphatic heterocycles. The molecule has 2 aromatic rings. The van der Waals surface area contributed by atoms with E-state index in [-0.39, 0.29) is 11.3 Å². The average molecular weight is 273 g/mol. The van der Waals surface area contributed by atoms with Gasteiger partial charge in [0.05, 0.1) is 4.92 Å². The molecule has 0 aliphatic carbocycles. The van der Waals surface area contributed by atoms with Crippen molar-refractivity contribution in [2.45, 2.75) is 13.5 Å². The Labute approximate surface area is 114 Å². The lowest BCUT2D eigenvalue weighted by Gasteiger charge is -2.05. The Balaban J connectivity index is 2.15. The molecule has 5 nitrogen and oxygen atoms in total. The topological polar surface area (TPSA) is 79.0 Å². The van der Waals surface area contributed by atoms with Crippen LogP contribution in [0.4, 0.5) is 11.4 Å². The van der Waals surface area contributed by atoms with E-state index in [9.17, 15) is 10.1 Å². The van der Waals surface area contributed by atoms with Crippen LogP contribution in [0.5, 0.6) is 0 Å². The highest BCUT2D eigenvalue weighted by molar-refractivity contribution is 7.11. The third-order valence-electron chi connectivity index (χ3n) is 2.58. The molecule has 0 amide bonds. The number of benzene rings is 1. The molecule has 0 spiro atoms. The smallest absolute Gasteiger partial charge is 0.289 e. The Bertz CT molecular complexity index is 658. The van der Waals surface area contributed by atoms with Crippen LogP contribution in [0.25, 0.3) is 0 Å². The fourth-order valence-corrected chi connectivity index (χ4v) is 2.49. The van der Waals surface area contributed by atoms with Gasteiger partial charge < -0.3 is 5.32 Å². The van der Waals surface area contributed by atoms with E-state index >= 15 is 0 Å². The summed E-state index contributed by atoms with van der Waals surface area (Å²) in [6, 6.07) is 10.4. The third-order valence-corrected chi connectivity index (χ3v) is 3.58. The second-order valence-corrected chi connectivity index (χ2v) is 5.34. The molecule has 1 aromatic heterocycles. The zero-order valence-corrected chi connectivity index (χ0v) is 11.0. The minimum atomic E-state index is -0.543. The minimum Gasteiger partial charge on any atom is -0.380 e. The SMILES string of the molecule is Cc1ccc(CNc2ccc(C#N)c([N+](=O)[O-])c2)s1. The van der Waals surface area contributed by atoms with Crippen LogP contribution < -0.4 is 5.32 Å². The Morgan fingerprint density at radius 3 is 2.79 bits per heavy atom. The maximum atomic E-state index is 10.8. The monoisotopic (exact) mass is 273 g/mol. The predicted molar refractivity (Wildman–Crippen MR) is 74.2 cm³/mol. The van der Waals surface area contributed by atoms with Crippen LogP contribution in [0.3, 0.4) is 0 Å². The molecular weight excluding hydrogens is 262 g/mol. The highest BCUT2D eigenvalue weighted by Crippen LogP contribution is 2.23. The molecule has 0 bridgehead atoms. The van der Waals surface area contributed by atoms with Gasteiger partial charge in [0.25, 0.3) is 5.69 Å². The van der Waals surface area contributed by atoms with E-state index in [0.29, 0.717) is 12.2 Å². The van der Waals surface area contributed by atoms with Crippen molar-refractivity contribution in [1.29, 1.82) is 5.26 Å². The van der Waals surface area contributed by atoms with Crippen molar-refractivity contribution >= 4 is 22.7 Å². The quantitative estimate of drug-likeness (QED) is 0.683. The molecule has 0 atom stereocenters. The summed E-state index contributed by atoms with van der Waals surface area (Å²) >= 11 is 1.68. The van der Waals surface area contributed by atoms with Gasteiger partial charge in [0.1, 0.15) is 11.6 Å². The van der Waals surface area contributed by atoms with Crippen molar-refractivity contribution in [2.24, 2.45) is 0 Å². The second kappa shape index (κ2) is 5.50. The fourth-order valence-electron chi connectivity index (χ4n) is 1.66. The van der Waals surface area contributed by atoms with Crippen molar-refractivity contribution in [1.82, 2.24) is 0 Å². The number of nitro benzene ring substituents is 1. The molecule has 96 valence electrons. The first-order valence-corrected chi connectivity index (χ1v) is 6.39. The summed E-state index contributed by atoms with van der Waals surface area (Å²) in [4.78, 5) is 12.7. The molecule has 0 radical (unpaired) electrons. The number of thiophene rings is 1. The summed E-state index contributed by atoms with van der Waals surface area (Å²) in [6.07, 6.45) is 0. The Hall–Kier alpha value is -2.39. The van der Waals surface area contributed by atoms with Crippen LogP contribution in [0.2, 0.25) is 0 Å². The van der Waals surface area contributed by atoms with Gasteiger partial charge in [0.2, 0.25) is 0 Å². The first kappa shape index (κ1) is 13.1. The number of nitriles is 1. The highest BCUT2D eigenvalue weighted by Gasteiger charge is 2.14. The van der Waals surface area contributed by atoms with Crippen LogP contribution in [0.15, 0.2) is 30.3 Å². The number of anilines is 1. The zero-order chi connectivity index (χ0) is 13.8. The lowest BCUT2D eigenvalue weighted by atomic mass is 10.2. The fraction of sp³-hybridized carbons (Fsp3) is 0.154. The molecule has 0 saturated carbocycles.